The Morgan fingerprint density at radius 2 is 2.00 bits per heavy atom. The van der Waals surface area contributed by atoms with Gasteiger partial charge >= 0.3 is 0 Å². The van der Waals surface area contributed by atoms with Gasteiger partial charge in [-0.05, 0) is 30.0 Å². The Morgan fingerprint density at radius 3 is 2.57 bits per heavy atom. The number of nitrogens with zero attached hydrogens (tertiary/aromatic N) is 1. The van der Waals surface area contributed by atoms with Gasteiger partial charge in [0.2, 0.25) is 0 Å². The molecule has 0 aromatic carbocycles. The highest BCUT2D eigenvalue weighted by molar-refractivity contribution is 5.80. The van der Waals surface area contributed by atoms with Gasteiger partial charge in [0.05, 0.1) is 0 Å². The first kappa shape index (κ1) is 10.9. The molecule has 2 nitrogen and oxygen atoms in total. The first-order valence-corrected chi connectivity index (χ1v) is 5.09. The fraction of sp³-hybridized carbons (Fsp3) is 0.500. The van der Waals surface area contributed by atoms with Crippen LogP contribution in [0.1, 0.15) is 32.3 Å². The van der Waals surface area contributed by atoms with Crippen molar-refractivity contribution in [3.05, 3.63) is 30.1 Å². The van der Waals surface area contributed by atoms with Gasteiger partial charge in [0.15, 0.2) is 0 Å². The standard InChI is InChI=1S/C12H17NO/c1-10(2)3-4-12(14)9-11-5-7-13-8-6-11/h5-8,10H,3-4,9H2,1-2H3. The molecule has 0 atom stereocenters. The molecular weight excluding hydrogens is 174 g/mol. The lowest BCUT2D eigenvalue weighted by Gasteiger charge is -2.03. The van der Waals surface area contributed by atoms with Crippen molar-refractivity contribution in [2.45, 2.75) is 33.1 Å². The highest BCUT2D eigenvalue weighted by atomic mass is 16.1. The van der Waals surface area contributed by atoms with E-state index in [1.807, 2.05) is 12.1 Å². The molecule has 76 valence electrons. The zero-order valence-corrected chi connectivity index (χ0v) is 8.86. The molecule has 14 heavy (non-hydrogen) atoms. The molecule has 0 aliphatic heterocycles. The fourth-order valence-corrected chi connectivity index (χ4v) is 1.27. The van der Waals surface area contributed by atoms with Gasteiger partial charge in [-0.3, -0.25) is 9.78 Å². The first-order chi connectivity index (χ1) is 6.68. The van der Waals surface area contributed by atoms with Gasteiger partial charge in [-0.1, -0.05) is 13.8 Å². The van der Waals surface area contributed by atoms with E-state index in [1.54, 1.807) is 12.4 Å². The number of hydrogen-bond donors (Lipinski definition) is 0. The molecule has 0 radical (unpaired) electrons. The van der Waals surface area contributed by atoms with Gasteiger partial charge < -0.3 is 0 Å². The molecule has 1 heterocycles. The van der Waals surface area contributed by atoms with Crippen LogP contribution in [0.2, 0.25) is 0 Å². The molecule has 0 aliphatic carbocycles. The van der Waals surface area contributed by atoms with Crippen molar-refractivity contribution in [2.24, 2.45) is 5.92 Å². The Balaban J connectivity index is 2.35. The molecule has 0 amide bonds. The Morgan fingerprint density at radius 1 is 1.36 bits per heavy atom. The van der Waals surface area contributed by atoms with Gasteiger partial charge in [-0.25, -0.2) is 0 Å². The van der Waals surface area contributed by atoms with Crippen molar-refractivity contribution in [3.8, 4) is 0 Å². The SMILES string of the molecule is CC(C)CCC(=O)Cc1ccncc1. The zero-order valence-electron chi connectivity index (χ0n) is 8.86. The second-order valence-corrected chi connectivity index (χ2v) is 4.00. The van der Waals surface area contributed by atoms with E-state index >= 15 is 0 Å². The van der Waals surface area contributed by atoms with Crippen LogP contribution in [0.3, 0.4) is 0 Å². The lowest BCUT2D eigenvalue weighted by molar-refractivity contribution is -0.118. The van der Waals surface area contributed by atoms with Gasteiger partial charge in [0, 0.05) is 25.2 Å². The van der Waals surface area contributed by atoms with Crippen molar-refractivity contribution >= 4 is 5.78 Å². The number of hydrogen-bond acceptors (Lipinski definition) is 2. The van der Waals surface area contributed by atoms with Gasteiger partial charge in [0.1, 0.15) is 5.78 Å². The van der Waals surface area contributed by atoms with Crippen LogP contribution in [0, 0.1) is 5.92 Å². The van der Waals surface area contributed by atoms with Crippen molar-refractivity contribution in [1.82, 2.24) is 4.98 Å². The Labute approximate surface area is 85.4 Å². The second-order valence-electron chi connectivity index (χ2n) is 4.00. The van der Waals surface area contributed by atoms with E-state index in [9.17, 15) is 4.79 Å². The van der Waals surface area contributed by atoms with E-state index in [4.69, 9.17) is 0 Å². The summed E-state index contributed by atoms with van der Waals surface area (Å²) in [6.07, 6.45) is 5.69. The molecule has 0 unspecified atom stereocenters. The van der Waals surface area contributed by atoms with E-state index in [0.29, 0.717) is 24.5 Å². The maximum atomic E-state index is 11.5. The molecule has 1 aromatic rings. The maximum absolute atomic E-state index is 11.5. The summed E-state index contributed by atoms with van der Waals surface area (Å²) < 4.78 is 0. The predicted octanol–water partition coefficient (Wildman–Crippen LogP) is 2.63. The fourth-order valence-electron chi connectivity index (χ4n) is 1.27. The lowest BCUT2D eigenvalue weighted by atomic mass is 10.0. The molecular formula is C12H17NO. The van der Waals surface area contributed by atoms with Crippen LogP contribution in [0.5, 0.6) is 0 Å². The molecule has 0 spiro atoms. The summed E-state index contributed by atoms with van der Waals surface area (Å²) in [7, 11) is 0. The topological polar surface area (TPSA) is 30.0 Å². The quantitative estimate of drug-likeness (QED) is 0.716. The van der Waals surface area contributed by atoms with Crippen LogP contribution < -0.4 is 0 Å². The lowest BCUT2D eigenvalue weighted by Crippen LogP contribution is -2.04. The van der Waals surface area contributed by atoms with Crippen LogP contribution in [-0.2, 0) is 11.2 Å². The van der Waals surface area contributed by atoms with E-state index in [-0.39, 0.29) is 0 Å². The van der Waals surface area contributed by atoms with Crippen LogP contribution in [-0.4, -0.2) is 10.8 Å². The summed E-state index contributed by atoms with van der Waals surface area (Å²) in [5, 5.41) is 0. The number of Topliss-reactive ketones (excluding diaryl/α,β-unsaturated/α-hetero) is 1. The molecule has 1 rings (SSSR count). The molecule has 1 aromatic heterocycles. The predicted molar refractivity (Wildman–Crippen MR) is 57.0 cm³/mol. The summed E-state index contributed by atoms with van der Waals surface area (Å²) in [5.41, 5.74) is 1.06. The van der Waals surface area contributed by atoms with Gasteiger partial charge in [-0.2, -0.15) is 0 Å². The Bertz CT molecular complexity index is 280. The minimum absolute atomic E-state index is 0.324. The normalized spacial score (nSPS) is 10.5. The van der Waals surface area contributed by atoms with Crippen LogP contribution in [0.25, 0.3) is 0 Å². The van der Waals surface area contributed by atoms with E-state index in [2.05, 4.69) is 18.8 Å². The third kappa shape index (κ3) is 4.17. The molecule has 0 saturated heterocycles. The molecule has 0 aliphatic rings. The van der Waals surface area contributed by atoms with Crippen molar-refractivity contribution in [2.75, 3.05) is 0 Å². The number of rotatable bonds is 5. The summed E-state index contributed by atoms with van der Waals surface area (Å²) in [6.45, 7) is 4.28. The molecule has 2 heteroatoms. The zero-order chi connectivity index (χ0) is 10.4. The molecule has 0 saturated carbocycles. The molecule has 0 fully saturated rings. The average Bonchev–Trinajstić information content (AvgIpc) is 2.16. The van der Waals surface area contributed by atoms with E-state index < -0.39 is 0 Å². The first-order valence-electron chi connectivity index (χ1n) is 5.09. The maximum Gasteiger partial charge on any atom is 0.137 e. The monoisotopic (exact) mass is 191 g/mol. The van der Waals surface area contributed by atoms with E-state index in [0.717, 1.165) is 12.0 Å². The van der Waals surface area contributed by atoms with Crippen molar-refractivity contribution < 1.29 is 4.79 Å². The highest BCUT2D eigenvalue weighted by Crippen LogP contribution is 2.07. The number of ketones is 1. The van der Waals surface area contributed by atoms with Crippen molar-refractivity contribution in [1.29, 1.82) is 0 Å². The van der Waals surface area contributed by atoms with Crippen LogP contribution >= 0.6 is 0 Å². The Hall–Kier alpha value is -1.18. The third-order valence-electron chi connectivity index (χ3n) is 2.15. The van der Waals surface area contributed by atoms with Gasteiger partial charge in [-0.15, -0.1) is 0 Å². The third-order valence-corrected chi connectivity index (χ3v) is 2.15. The van der Waals surface area contributed by atoms with Crippen LogP contribution in [0.4, 0.5) is 0 Å². The number of carbonyl (C=O) groups excluding carboxylic acids is 1. The number of aromatic nitrogens is 1. The molecule has 0 N–H and O–H groups in total. The smallest absolute Gasteiger partial charge is 0.137 e. The summed E-state index contributed by atoms with van der Waals surface area (Å²) in [4.78, 5) is 15.4. The minimum atomic E-state index is 0.324. The number of carbonyl (C=O) groups is 1. The summed E-state index contributed by atoms with van der Waals surface area (Å²) in [6, 6.07) is 3.79. The number of pyridine rings is 1. The second kappa shape index (κ2) is 5.53. The average molecular weight is 191 g/mol. The Kier molecular flexibility index (Phi) is 4.30. The molecule has 0 bridgehead atoms. The minimum Gasteiger partial charge on any atom is -0.299 e. The largest absolute Gasteiger partial charge is 0.299 e. The van der Waals surface area contributed by atoms with E-state index in [1.165, 1.54) is 0 Å². The van der Waals surface area contributed by atoms with Crippen molar-refractivity contribution in [3.63, 3.8) is 0 Å². The van der Waals surface area contributed by atoms with Gasteiger partial charge in [0.25, 0.3) is 0 Å². The van der Waals surface area contributed by atoms with Crippen LogP contribution in [0.15, 0.2) is 24.5 Å². The highest BCUT2D eigenvalue weighted by Gasteiger charge is 2.04. The summed E-state index contributed by atoms with van der Waals surface area (Å²) >= 11 is 0. The summed E-state index contributed by atoms with van der Waals surface area (Å²) in [5.74, 6) is 0.932.